The predicted molar refractivity (Wildman–Crippen MR) is 98.6 cm³/mol. The maximum absolute atomic E-state index is 8.85. The normalized spacial score (nSPS) is 10.1. The lowest BCUT2D eigenvalue weighted by molar-refractivity contribution is 0.304. The maximum atomic E-state index is 8.85. The quantitative estimate of drug-likeness (QED) is 0.562. The van der Waals surface area contributed by atoms with E-state index in [0.29, 0.717) is 12.8 Å². The Balaban J connectivity index is 2.12. The highest BCUT2D eigenvalue weighted by atomic mass is 16.3. The van der Waals surface area contributed by atoms with Crippen molar-refractivity contribution in [3.05, 3.63) is 59.7 Å². The molecular weight excluding hydrogens is 296 g/mol. The molecule has 118 valence electrons. The number of aliphatic hydroxyl groups is 2. The number of benzene rings is 3. The van der Waals surface area contributed by atoms with Crippen LogP contribution in [-0.4, -0.2) is 23.4 Å². The van der Waals surface area contributed by atoms with Gasteiger partial charge in [-0.2, -0.15) is 0 Å². The summed E-state index contributed by atoms with van der Waals surface area (Å²) in [5.74, 6) is 12.1. The smallest absolute Gasteiger partial charge is 0.0540 e. The zero-order chi connectivity index (χ0) is 16.8. The summed E-state index contributed by atoms with van der Waals surface area (Å²) in [5.41, 5.74) is 1.89. The third-order valence-corrected chi connectivity index (χ3v) is 3.78. The third kappa shape index (κ3) is 3.58. The van der Waals surface area contributed by atoms with Gasteiger partial charge in [0, 0.05) is 24.0 Å². The molecule has 0 aliphatic heterocycles. The van der Waals surface area contributed by atoms with Crippen molar-refractivity contribution in [3.8, 4) is 23.7 Å². The minimum atomic E-state index is 0.0827. The van der Waals surface area contributed by atoms with E-state index in [9.17, 15) is 0 Å². The zero-order valence-electron chi connectivity index (χ0n) is 13.3. The Bertz CT molecular complexity index is 912. The van der Waals surface area contributed by atoms with E-state index in [-0.39, 0.29) is 13.2 Å². The molecule has 2 nitrogen and oxygen atoms in total. The van der Waals surface area contributed by atoms with E-state index in [1.807, 2.05) is 12.1 Å². The van der Waals surface area contributed by atoms with Crippen molar-refractivity contribution in [2.45, 2.75) is 12.8 Å². The van der Waals surface area contributed by atoms with Crippen LogP contribution in [0.25, 0.3) is 21.5 Å². The number of hydrogen-bond donors (Lipinski definition) is 2. The van der Waals surface area contributed by atoms with Crippen molar-refractivity contribution in [1.29, 1.82) is 0 Å². The Labute approximate surface area is 141 Å². The zero-order valence-corrected chi connectivity index (χ0v) is 13.3. The Morgan fingerprint density at radius 1 is 0.625 bits per heavy atom. The van der Waals surface area contributed by atoms with Gasteiger partial charge >= 0.3 is 0 Å². The van der Waals surface area contributed by atoms with E-state index in [4.69, 9.17) is 10.2 Å². The van der Waals surface area contributed by atoms with Crippen LogP contribution in [0.2, 0.25) is 0 Å². The van der Waals surface area contributed by atoms with E-state index in [2.05, 4.69) is 60.1 Å². The summed E-state index contributed by atoms with van der Waals surface area (Å²) >= 11 is 0. The van der Waals surface area contributed by atoms with Crippen molar-refractivity contribution >= 4 is 21.5 Å². The molecule has 0 radical (unpaired) electrons. The van der Waals surface area contributed by atoms with Crippen LogP contribution in [0.3, 0.4) is 0 Å². The van der Waals surface area contributed by atoms with Crippen molar-refractivity contribution in [3.63, 3.8) is 0 Å². The summed E-state index contributed by atoms with van der Waals surface area (Å²) in [7, 11) is 0. The largest absolute Gasteiger partial charge is 0.395 e. The van der Waals surface area contributed by atoms with E-state index in [0.717, 1.165) is 32.7 Å². The second-order valence-electron chi connectivity index (χ2n) is 5.49. The van der Waals surface area contributed by atoms with Gasteiger partial charge in [0.2, 0.25) is 0 Å². The first kappa shape index (κ1) is 16.1. The van der Waals surface area contributed by atoms with Crippen LogP contribution in [0.4, 0.5) is 0 Å². The van der Waals surface area contributed by atoms with E-state index in [1.54, 1.807) is 0 Å². The van der Waals surface area contributed by atoms with Crippen LogP contribution in [0, 0.1) is 23.7 Å². The molecule has 0 bridgehead atoms. The monoisotopic (exact) mass is 314 g/mol. The van der Waals surface area contributed by atoms with Gasteiger partial charge in [-0.3, -0.25) is 0 Å². The third-order valence-electron chi connectivity index (χ3n) is 3.78. The topological polar surface area (TPSA) is 40.5 Å². The minimum absolute atomic E-state index is 0.0827. The fourth-order valence-electron chi connectivity index (χ4n) is 2.65. The lowest BCUT2D eigenvalue weighted by Crippen LogP contribution is -1.83. The molecule has 0 aliphatic rings. The molecule has 0 saturated heterocycles. The molecule has 0 aliphatic carbocycles. The van der Waals surface area contributed by atoms with Crippen molar-refractivity contribution in [1.82, 2.24) is 0 Å². The van der Waals surface area contributed by atoms with Crippen molar-refractivity contribution in [2.24, 2.45) is 0 Å². The van der Waals surface area contributed by atoms with Crippen LogP contribution in [-0.2, 0) is 0 Å². The van der Waals surface area contributed by atoms with Gasteiger partial charge in [-0.1, -0.05) is 47.9 Å². The van der Waals surface area contributed by atoms with E-state index < -0.39 is 0 Å². The lowest BCUT2D eigenvalue weighted by Gasteiger charge is -2.05. The van der Waals surface area contributed by atoms with Crippen LogP contribution in [0.5, 0.6) is 0 Å². The molecule has 0 fully saturated rings. The Morgan fingerprint density at radius 2 is 1.04 bits per heavy atom. The highest BCUT2D eigenvalue weighted by molar-refractivity contribution is 6.08. The van der Waals surface area contributed by atoms with E-state index in [1.165, 1.54) is 0 Å². The number of aliphatic hydroxyl groups excluding tert-OH is 2. The molecule has 0 saturated carbocycles. The molecule has 0 unspecified atom stereocenters. The molecular formula is C22H18O2. The number of rotatable bonds is 2. The summed E-state index contributed by atoms with van der Waals surface area (Å²) in [6, 6.07) is 16.6. The first-order valence-corrected chi connectivity index (χ1v) is 7.98. The van der Waals surface area contributed by atoms with Crippen LogP contribution < -0.4 is 0 Å². The van der Waals surface area contributed by atoms with Crippen LogP contribution in [0.15, 0.2) is 48.5 Å². The SMILES string of the molecule is OCCC#Cc1ccc2ccc3ccc(C#CCCO)cc3c2c1. The van der Waals surface area contributed by atoms with Gasteiger partial charge in [0.15, 0.2) is 0 Å². The number of hydrogen-bond acceptors (Lipinski definition) is 2. The maximum Gasteiger partial charge on any atom is 0.0540 e. The van der Waals surface area contributed by atoms with Crippen LogP contribution in [0.1, 0.15) is 24.0 Å². The molecule has 0 atom stereocenters. The molecule has 3 aromatic rings. The molecule has 0 aromatic heterocycles. The van der Waals surface area contributed by atoms with Gasteiger partial charge in [-0.05, 0) is 45.8 Å². The molecule has 3 aromatic carbocycles. The standard InChI is InChI=1S/C22H18O2/c23-13-3-1-5-17-7-9-19-11-12-20-10-8-18(6-2-4-14-24)16-22(20)21(19)15-17/h7-12,15-16,23-24H,3-4,13-14H2. The molecule has 24 heavy (non-hydrogen) atoms. The average Bonchev–Trinajstić information content (AvgIpc) is 2.62. The van der Waals surface area contributed by atoms with Gasteiger partial charge < -0.3 is 10.2 Å². The Hall–Kier alpha value is -2.78. The van der Waals surface area contributed by atoms with Crippen molar-refractivity contribution in [2.75, 3.05) is 13.2 Å². The highest BCUT2D eigenvalue weighted by Crippen LogP contribution is 2.27. The summed E-state index contributed by atoms with van der Waals surface area (Å²) in [5, 5.41) is 22.3. The fraction of sp³-hybridized carbons (Fsp3) is 0.182. The molecule has 2 N–H and O–H groups in total. The summed E-state index contributed by atoms with van der Waals surface area (Å²) in [4.78, 5) is 0. The summed E-state index contributed by atoms with van der Waals surface area (Å²) in [6.45, 7) is 0.165. The molecule has 3 rings (SSSR count). The average molecular weight is 314 g/mol. The molecule has 0 heterocycles. The first-order chi connectivity index (χ1) is 11.8. The lowest BCUT2D eigenvalue weighted by atomic mass is 9.98. The Morgan fingerprint density at radius 3 is 1.46 bits per heavy atom. The first-order valence-electron chi connectivity index (χ1n) is 7.98. The van der Waals surface area contributed by atoms with Gasteiger partial charge in [0.1, 0.15) is 0 Å². The Kier molecular flexibility index (Phi) is 5.14. The minimum Gasteiger partial charge on any atom is -0.395 e. The predicted octanol–water partition coefficient (Wildman–Crippen LogP) is 3.46. The second-order valence-corrected chi connectivity index (χ2v) is 5.49. The molecule has 0 spiro atoms. The van der Waals surface area contributed by atoms with Gasteiger partial charge in [0.05, 0.1) is 13.2 Å². The molecule has 0 amide bonds. The molecule has 2 heteroatoms. The second kappa shape index (κ2) is 7.66. The summed E-state index contributed by atoms with van der Waals surface area (Å²) in [6.07, 6.45) is 0.969. The van der Waals surface area contributed by atoms with Crippen molar-refractivity contribution < 1.29 is 10.2 Å². The summed E-state index contributed by atoms with van der Waals surface area (Å²) < 4.78 is 0. The van der Waals surface area contributed by atoms with E-state index >= 15 is 0 Å². The van der Waals surface area contributed by atoms with Gasteiger partial charge in [-0.15, -0.1) is 0 Å². The highest BCUT2D eigenvalue weighted by Gasteiger charge is 2.02. The van der Waals surface area contributed by atoms with Gasteiger partial charge in [0.25, 0.3) is 0 Å². The number of fused-ring (bicyclic) bond motifs is 3. The fourth-order valence-corrected chi connectivity index (χ4v) is 2.65. The van der Waals surface area contributed by atoms with Crippen LogP contribution >= 0.6 is 0 Å². The van der Waals surface area contributed by atoms with Gasteiger partial charge in [-0.25, -0.2) is 0 Å².